The van der Waals surface area contributed by atoms with Crippen molar-refractivity contribution in [3.8, 4) is 12.3 Å². The highest BCUT2D eigenvalue weighted by molar-refractivity contribution is 5.95. The van der Waals surface area contributed by atoms with Crippen LogP contribution < -0.4 is 9.96 Å². The number of hydroxylamine groups is 2. The lowest BCUT2D eigenvalue weighted by Crippen LogP contribution is -3.08. The quantitative estimate of drug-likeness (QED) is 0.636. The summed E-state index contributed by atoms with van der Waals surface area (Å²) in [5.41, 5.74) is -0.879. The number of quaternary nitrogens is 1. The van der Waals surface area contributed by atoms with E-state index in [0.29, 0.717) is 0 Å². The van der Waals surface area contributed by atoms with Gasteiger partial charge in [-0.2, -0.15) is 18.3 Å². The zero-order chi connectivity index (χ0) is 19.1. The number of amides is 1. The van der Waals surface area contributed by atoms with Gasteiger partial charge in [0.05, 0.1) is 23.9 Å². The predicted molar refractivity (Wildman–Crippen MR) is 86.9 cm³/mol. The Labute approximate surface area is 147 Å². The monoisotopic (exact) mass is 364 g/mol. The zero-order valence-electron chi connectivity index (χ0n) is 13.7. The first kappa shape index (κ1) is 18.0. The van der Waals surface area contributed by atoms with E-state index in [4.69, 9.17) is 6.42 Å². The second-order valence-electron chi connectivity index (χ2n) is 5.89. The number of hydrogen-bond acceptors (Lipinski definition) is 3. The Kier molecular flexibility index (Phi) is 4.48. The molecule has 0 bridgehead atoms. The number of aryl methyl sites for hydroxylation is 1. The van der Waals surface area contributed by atoms with Crippen molar-refractivity contribution in [2.24, 2.45) is 7.05 Å². The summed E-state index contributed by atoms with van der Waals surface area (Å²) in [7, 11) is 1.54. The molecule has 3 rings (SSSR count). The molecule has 0 spiro atoms. The summed E-state index contributed by atoms with van der Waals surface area (Å²) in [5.74, 6) is 2.00. The maximum absolute atomic E-state index is 13.5. The second-order valence-corrected chi connectivity index (χ2v) is 5.89. The molecule has 1 N–H and O–H groups in total. The van der Waals surface area contributed by atoms with Crippen molar-refractivity contribution in [1.29, 1.82) is 0 Å². The van der Waals surface area contributed by atoms with Crippen LogP contribution in [0.1, 0.15) is 22.7 Å². The fraction of sp³-hybridized carbons (Fsp3) is 0.294. The second kappa shape index (κ2) is 6.48. The third-order valence-electron chi connectivity index (χ3n) is 4.28. The van der Waals surface area contributed by atoms with E-state index in [9.17, 15) is 23.2 Å². The van der Waals surface area contributed by atoms with E-state index in [1.165, 1.54) is 41.0 Å². The van der Waals surface area contributed by atoms with Crippen LogP contribution in [0.25, 0.3) is 0 Å². The van der Waals surface area contributed by atoms with E-state index in [0.717, 1.165) is 6.07 Å². The van der Waals surface area contributed by atoms with Gasteiger partial charge in [0, 0.05) is 12.6 Å². The first-order chi connectivity index (χ1) is 12.3. The highest BCUT2D eigenvalue weighted by atomic mass is 19.4. The SMILES string of the molecule is C#CCN1C(=O)C[NH+]([O-])C(c2ccccc2C(F)(F)F)c2cnn(C)c21. The summed E-state index contributed by atoms with van der Waals surface area (Å²) in [4.78, 5) is 13.6. The number of nitrogens with zero attached hydrogens (tertiary/aromatic N) is 3. The molecule has 0 saturated heterocycles. The van der Waals surface area contributed by atoms with Gasteiger partial charge >= 0.3 is 6.18 Å². The average Bonchev–Trinajstić information content (AvgIpc) is 2.88. The molecule has 6 nitrogen and oxygen atoms in total. The number of nitrogens with one attached hydrogen (secondary N) is 1. The molecule has 26 heavy (non-hydrogen) atoms. The highest BCUT2D eigenvalue weighted by Crippen LogP contribution is 2.38. The van der Waals surface area contributed by atoms with Crippen molar-refractivity contribution in [1.82, 2.24) is 9.78 Å². The van der Waals surface area contributed by atoms with Crippen LogP contribution in [0.5, 0.6) is 0 Å². The molecule has 0 radical (unpaired) electrons. The normalized spacial score (nSPS) is 20.5. The molecule has 1 aliphatic rings. The van der Waals surface area contributed by atoms with Crippen LogP contribution in [-0.2, 0) is 18.0 Å². The summed E-state index contributed by atoms with van der Waals surface area (Å²) in [6, 6.07) is 3.62. The summed E-state index contributed by atoms with van der Waals surface area (Å²) >= 11 is 0. The first-order valence-corrected chi connectivity index (χ1v) is 7.70. The number of aromatic nitrogens is 2. The van der Waals surface area contributed by atoms with E-state index in [2.05, 4.69) is 11.0 Å². The van der Waals surface area contributed by atoms with E-state index < -0.39 is 35.3 Å². The molecule has 2 heterocycles. The first-order valence-electron chi connectivity index (χ1n) is 7.70. The van der Waals surface area contributed by atoms with E-state index in [-0.39, 0.29) is 23.5 Å². The van der Waals surface area contributed by atoms with Crippen LogP contribution in [-0.4, -0.2) is 28.8 Å². The van der Waals surface area contributed by atoms with Gasteiger partial charge in [-0.1, -0.05) is 24.1 Å². The number of carbonyl (C=O) groups excluding carboxylic acids is 1. The highest BCUT2D eigenvalue weighted by Gasteiger charge is 2.41. The molecule has 9 heteroatoms. The summed E-state index contributed by atoms with van der Waals surface area (Å²) in [6.07, 6.45) is 1.98. The summed E-state index contributed by atoms with van der Waals surface area (Å²) < 4.78 is 41.7. The van der Waals surface area contributed by atoms with Crippen LogP contribution >= 0.6 is 0 Å². The van der Waals surface area contributed by atoms with E-state index in [1.54, 1.807) is 0 Å². The fourth-order valence-corrected chi connectivity index (χ4v) is 3.22. The Morgan fingerprint density at radius 1 is 1.38 bits per heavy atom. The number of carbonyl (C=O) groups is 1. The zero-order valence-corrected chi connectivity index (χ0v) is 13.7. The Morgan fingerprint density at radius 2 is 2.08 bits per heavy atom. The number of fused-ring (bicyclic) bond motifs is 1. The molecular weight excluding hydrogens is 349 g/mol. The van der Waals surface area contributed by atoms with Gasteiger partial charge in [-0.05, 0) is 6.07 Å². The van der Waals surface area contributed by atoms with Crippen LogP contribution in [0.15, 0.2) is 30.5 Å². The van der Waals surface area contributed by atoms with Crippen molar-refractivity contribution < 1.29 is 23.0 Å². The molecule has 1 aromatic carbocycles. The Morgan fingerprint density at radius 3 is 2.73 bits per heavy atom. The van der Waals surface area contributed by atoms with Crippen molar-refractivity contribution in [3.63, 3.8) is 0 Å². The third-order valence-corrected chi connectivity index (χ3v) is 4.28. The van der Waals surface area contributed by atoms with Crippen LogP contribution in [0.2, 0.25) is 0 Å². The minimum atomic E-state index is -4.63. The van der Waals surface area contributed by atoms with E-state index >= 15 is 0 Å². The maximum atomic E-state index is 13.5. The van der Waals surface area contributed by atoms with Gasteiger partial charge in [0.15, 0.2) is 6.54 Å². The lowest BCUT2D eigenvalue weighted by atomic mass is 9.95. The van der Waals surface area contributed by atoms with Gasteiger partial charge in [0.2, 0.25) is 0 Å². The van der Waals surface area contributed by atoms with Crippen molar-refractivity contribution in [2.45, 2.75) is 12.2 Å². The van der Waals surface area contributed by atoms with Gasteiger partial charge in [0.25, 0.3) is 5.91 Å². The Hall–Kier alpha value is -2.83. The van der Waals surface area contributed by atoms with Gasteiger partial charge in [-0.15, -0.1) is 6.42 Å². The molecule has 1 amide bonds. The maximum Gasteiger partial charge on any atom is 0.416 e. The standard InChI is InChI=1S/C17H15F3N4O2/c1-3-8-23-14(25)10-24(26)15(12-9-21-22(2)16(12)23)11-6-4-5-7-13(11)17(18,19)20/h1,4-7,9,15,24H,8,10H2,2H3. The molecule has 2 unspecified atom stereocenters. The fourth-order valence-electron chi connectivity index (χ4n) is 3.22. The molecular formula is C17H15F3N4O2. The van der Waals surface area contributed by atoms with Gasteiger partial charge in [-0.3, -0.25) is 14.4 Å². The number of hydrogen-bond donors (Lipinski definition) is 1. The van der Waals surface area contributed by atoms with Gasteiger partial charge < -0.3 is 10.3 Å². The van der Waals surface area contributed by atoms with Crippen molar-refractivity contribution in [3.05, 3.63) is 52.4 Å². The largest absolute Gasteiger partial charge is 0.633 e. The summed E-state index contributed by atoms with van der Waals surface area (Å²) in [5, 5.41) is 16.1. The average molecular weight is 364 g/mol. The van der Waals surface area contributed by atoms with E-state index in [1.807, 2.05) is 0 Å². The topological polar surface area (TPSA) is 65.6 Å². The lowest BCUT2D eigenvalue weighted by molar-refractivity contribution is -0.866. The van der Waals surface area contributed by atoms with Crippen LogP contribution in [0, 0.1) is 17.6 Å². The number of terminal acetylenes is 1. The molecule has 0 fully saturated rings. The molecule has 2 aromatic rings. The molecule has 0 saturated carbocycles. The Balaban J connectivity index is 2.24. The number of rotatable bonds is 2. The minimum Gasteiger partial charge on any atom is -0.633 e. The predicted octanol–water partition coefficient (Wildman–Crippen LogP) is 0.891. The Bertz CT molecular complexity index is 885. The molecule has 2 atom stereocenters. The number of halogens is 3. The molecule has 0 aliphatic carbocycles. The number of benzene rings is 1. The van der Waals surface area contributed by atoms with Crippen LogP contribution in [0.4, 0.5) is 19.0 Å². The van der Waals surface area contributed by atoms with Gasteiger partial charge in [-0.25, -0.2) is 0 Å². The lowest BCUT2D eigenvalue weighted by Gasteiger charge is -2.30. The summed E-state index contributed by atoms with van der Waals surface area (Å²) in [6.45, 7) is -0.639. The van der Waals surface area contributed by atoms with Gasteiger partial charge in [0.1, 0.15) is 11.9 Å². The molecule has 136 valence electrons. The minimum absolute atomic E-state index is 0.105. The van der Waals surface area contributed by atoms with Crippen molar-refractivity contribution >= 4 is 11.7 Å². The smallest absolute Gasteiger partial charge is 0.416 e. The third kappa shape index (κ3) is 2.94. The number of anilines is 1. The van der Waals surface area contributed by atoms with Crippen molar-refractivity contribution in [2.75, 3.05) is 18.0 Å². The number of alkyl halides is 3. The molecule has 1 aromatic heterocycles. The molecule has 1 aliphatic heterocycles. The van der Waals surface area contributed by atoms with Crippen LogP contribution in [0.3, 0.4) is 0 Å².